The van der Waals surface area contributed by atoms with Gasteiger partial charge >= 0.3 is 0 Å². The number of methoxy groups -OCH3 is 1. The smallest absolute Gasteiger partial charge is 0.249 e. The minimum Gasteiger partial charge on any atom is -0.497 e. The number of morpholine rings is 1. The molecule has 3 aromatic rings. The summed E-state index contributed by atoms with van der Waals surface area (Å²) in [5.41, 5.74) is 3.20. The number of aliphatic hydroxyl groups excluding tert-OH is 1. The lowest BCUT2D eigenvalue weighted by molar-refractivity contribution is -0.143. The summed E-state index contributed by atoms with van der Waals surface area (Å²) in [7, 11) is 1.59. The molecule has 9 nitrogen and oxygen atoms in total. The fourth-order valence-electron chi connectivity index (χ4n) is 6.64. The summed E-state index contributed by atoms with van der Waals surface area (Å²) >= 11 is 0. The molecule has 1 amide bonds. The SMILES string of the molecule is COc1ccc2ncc(CN3CCOCC3)c([C@H](O)CCC3(C(=O)NO)CCN(CCCc4c(F)cc(F)cc4F)CC3)c2c1. The minimum absolute atomic E-state index is 0.125. The number of nitrogens with zero attached hydrogens (tertiary/aromatic N) is 3. The zero-order chi connectivity index (χ0) is 32.0. The summed E-state index contributed by atoms with van der Waals surface area (Å²) in [5, 5.41) is 22.2. The first kappa shape index (κ1) is 33.1. The largest absolute Gasteiger partial charge is 0.497 e. The van der Waals surface area contributed by atoms with Crippen LogP contribution in [-0.2, 0) is 22.5 Å². The van der Waals surface area contributed by atoms with Gasteiger partial charge < -0.3 is 19.5 Å². The van der Waals surface area contributed by atoms with Crippen molar-refractivity contribution in [1.29, 1.82) is 0 Å². The molecular weight excluding hydrogens is 589 g/mol. The monoisotopic (exact) mass is 630 g/mol. The Morgan fingerprint density at radius 1 is 1.09 bits per heavy atom. The number of carbonyl (C=O) groups is 1. The van der Waals surface area contributed by atoms with Crippen LogP contribution in [0.25, 0.3) is 10.9 Å². The maximum atomic E-state index is 14.0. The van der Waals surface area contributed by atoms with Crippen molar-refractivity contribution in [2.45, 2.75) is 51.2 Å². The number of benzene rings is 2. The van der Waals surface area contributed by atoms with Crippen LogP contribution < -0.4 is 10.2 Å². The lowest BCUT2D eigenvalue weighted by atomic mass is 9.73. The van der Waals surface area contributed by atoms with Gasteiger partial charge in [-0.05, 0) is 87.5 Å². The Morgan fingerprint density at radius 2 is 1.80 bits per heavy atom. The van der Waals surface area contributed by atoms with E-state index in [9.17, 15) is 28.3 Å². The number of aromatic nitrogens is 1. The number of amides is 1. The molecule has 45 heavy (non-hydrogen) atoms. The van der Waals surface area contributed by atoms with Gasteiger partial charge in [0, 0.05) is 48.9 Å². The summed E-state index contributed by atoms with van der Waals surface area (Å²) in [5.74, 6) is -2.57. The first-order valence-corrected chi connectivity index (χ1v) is 15.5. The number of carbonyl (C=O) groups excluding carboxylic acids is 1. The summed E-state index contributed by atoms with van der Waals surface area (Å²) in [4.78, 5) is 22.1. The van der Waals surface area contributed by atoms with Gasteiger partial charge in [-0.3, -0.25) is 19.9 Å². The van der Waals surface area contributed by atoms with Crippen molar-refractivity contribution < 1.29 is 37.8 Å². The standard InChI is InChI=1S/C33H41F3N4O5/c1-44-24-4-5-29-26(19-24)31(22(20-37-29)21-40-13-15-45-16-14-40)30(41)6-7-33(32(42)38-43)8-11-39(12-9-33)10-2-3-25-27(35)17-23(34)18-28(25)36/h4-5,17-20,30,41,43H,2-3,6-16,21H2,1H3,(H,38,42)/t30-/m1/s1. The third-order valence-corrected chi connectivity index (χ3v) is 9.33. The van der Waals surface area contributed by atoms with E-state index in [4.69, 9.17) is 9.47 Å². The molecular formula is C33H41F3N4O5. The fourth-order valence-corrected chi connectivity index (χ4v) is 6.64. The second-order valence-electron chi connectivity index (χ2n) is 12.0. The van der Waals surface area contributed by atoms with Crippen LogP contribution in [-0.4, -0.2) is 84.1 Å². The third kappa shape index (κ3) is 7.75. The molecule has 2 fully saturated rings. The van der Waals surface area contributed by atoms with Crippen LogP contribution >= 0.6 is 0 Å². The third-order valence-electron chi connectivity index (χ3n) is 9.33. The molecule has 3 heterocycles. The van der Waals surface area contributed by atoms with E-state index in [1.165, 1.54) is 0 Å². The van der Waals surface area contributed by atoms with Gasteiger partial charge in [0.05, 0.1) is 37.4 Å². The number of pyridine rings is 1. The zero-order valence-electron chi connectivity index (χ0n) is 25.5. The highest BCUT2D eigenvalue weighted by atomic mass is 19.1. The van der Waals surface area contributed by atoms with E-state index in [2.05, 4.69) is 14.8 Å². The van der Waals surface area contributed by atoms with Crippen LogP contribution in [0.5, 0.6) is 5.75 Å². The summed E-state index contributed by atoms with van der Waals surface area (Å²) in [6, 6.07) is 6.94. The summed E-state index contributed by atoms with van der Waals surface area (Å²) in [6.45, 7) is 5.05. The molecule has 1 atom stereocenters. The molecule has 2 aliphatic heterocycles. The van der Waals surface area contributed by atoms with E-state index in [1.807, 2.05) is 23.7 Å². The fraction of sp³-hybridized carbons (Fsp3) is 0.515. The van der Waals surface area contributed by atoms with Crippen LogP contribution in [0.15, 0.2) is 36.5 Å². The van der Waals surface area contributed by atoms with Crippen molar-refractivity contribution >= 4 is 16.8 Å². The van der Waals surface area contributed by atoms with Gasteiger partial charge in [0.2, 0.25) is 5.91 Å². The van der Waals surface area contributed by atoms with Crippen molar-refractivity contribution in [2.24, 2.45) is 5.41 Å². The van der Waals surface area contributed by atoms with Gasteiger partial charge in [-0.2, -0.15) is 0 Å². The second kappa shape index (κ2) is 14.9. The van der Waals surface area contributed by atoms with Crippen molar-refractivity contribution in [3.05, 3.63) is 70.7 Å². The number of aliphatic hydroxyl groups is 1. The Morgan fingerprint density at radius 3 is 2.47 bits per heavy atom. The lowest BCUT2D eigenvalue weighted by Crippen LogP contribution is -2.48. The second-order valence-corrected chi connectivity index (χ2v) is 12.0. The molecule has 2 aromatic carbocycles. The number of nitrogens with one attached hydrogen (secondary N) is 1. The molecule has 0 saturated carbocycles. The van der Waals surface area contributed by atoms with Gasteiger partial charge in [-0.15, -0.1) is 0 Å². The Balaban J connectivity index is 1.27. The van der Waals surface area contributed by atoms with Gasteiger partial charge in [0.1, 0.15) is 23.2 Å². The highest BCUT2D eigenvalue weighted by molar-refractivity contribution is 5.85. The number of ether oxygens (including phenoxy) is 2. The van der Waals surface area contributed by atoms with Gasteiger partial charge in [0.25, 0.3) is 0 Å². The molecule has 0 bridgehead atoms. The van der Waals surface area contributed by atoms with Crippen molar-refractivity contribution in [3.63, 3.8) is 0 Å². The van der Waals surface area contributed by atoms with Crippen molar-refractivity contribution in [1.82, 2.24) is 20.3 Å². The molecule has 0 unspecified atom stereocenters. The Labute approximate surface area is 260 Å². The van der Waals surface area contributed by atoms with Crippen molar-refractivity contribution in [2.75, 3.05) is 53.0 Å². The number of rotatable bonds is 12. The van der Waals surface area contributed by atoms with Crippen LogP contribution in [0.2, 0.25) is 0 Å². The molecule has 1 aromatic heterocycles. The molecule has 3 N–H and O–H groups in total. The van der Waals surface area contributed by atoms with E-state index >= 15 is 0 Å². The van der Waals surface area contributed by atoms with E-state index in [1.54, 1.807) is 13.3 Å². The number of fused-ring (bicyclic) bond motifs is 1. The number of piperidine rings is 1. The summed E-state index contributed by atoms with van der Waals surface area (Å²) in [6.07, 6.45) is 2.99. The maximum absolute atomic E-state index is 14.0. The van der Waals surface area contributed by atoms with Crippen LogP contribution in [0, 0.1) is 22.9 Å². The molecule has 0 radical (unpaired) electrons. The van der Waals surface area contributed by atoms with Gasteiger partial charge in [0.15, 0.2) is 0 Å². The average Bonchev–Trinajstić information content (AvgIpc) is 3.05. The molecule has 2 saturated heterocycles. The normalized spacial score (nSPS) is 18.2. The zero-order valence-corrected chi connectivity index (χ0v) is 25.5. The maximum Gasteiger partial charge on any atom is 0.249 e. The van der Waals surface area contributed by atoms with Crippen molar-refractivity contribution in [3.8, 4) is 5.75 Å². The number of likely N-dealkylation sites (tertiary alicyclic amines) is 1. The number of halogens is 3. The first-order chi connectivity index (χ1) is 21.7. The Hall–Kier alpha value is -3.29. The van der Waals surface area contributed by atoms with Crippen LogP contribution in [0.1, 0.15) is 54.9 Å². The number of hydrogen-bond donors (Lipinski definition) is 3. The first-order valence-electron chi connectivity index (χ1n) is 15.5. The highest BCUT2D eigenvalue weighted by Crippen LogP contribution is 2.40. The van der Waals surface area contributed by atoms with Crippen LogP contribution in [0.3, 0.4) is 0 Å². The van der Waals surface area contributed by atoms with E-state index < -0.39 is 34.9 Å². The van der Waals surface area contributed by atoms with Gasteiger partial charge in [-0.1, -0.05) is 0 Å². The van der Waals surface area contributed by atoms with Crippen LogP contribution in [0.4, 0.5) is 13.2 Å². The predicted molar refractivity (Wildman–Crippen MR) is 161 cm³/mol. The number of hydrogen-bond acceptors (Lipinski definition) is 8. The average molecular weight is 631 g/mol. The van der Waals surface area contributed by atoms with E-state index in [0.29, 0.717) is 83.0 Å². The molecule has 2 aliphatic rings. The predicted octanol–water partition coefficient (Wildman–Crippen LogP) is 4.53. The minimum atomic E-state index is -0.946. The quantitative estimate of drug-likeness (QED) is 0.198. The highest BCUT2D eigenvalue weighted by Gasteiger charge is 2.41. The molecule has 12 heteroatoms. The molecule has 244 valence electrons. The number of hydroxylamine groups is 1. The Kier molecular flexibility index (Phi) is 10.9. The lowest BCUT2D eigenvalue weighted by Gasteiger charge is -2.40. The molecule has 5 rings (SSSR count). The Bertz CT molecular complexity index is 1460. The molecule has 0 aliphatic carbocycles. The van der Waals surface area contributed by atoms with Gasteiger partial charge in [-0.25, -0.2) is 18.7 Å². The molecule has 0 spiro atoms. The van der Waals surface area contributed by atoms with E-state index in [0.717, 1.165) is 35.1 Å². The topological polar surface area (TPSA) is 107 Å². The van der Waals surface area contributed by atoms with E-state index in [-0.39, 0.29) is 18.4 Å². The summed E-state index contributed by atoms with van der Waals surface area (Å²) < 4.78 is 52.3.